The van der Waals surface area contributed by atoms with Crippen LogP contribution in [-0.2, 0) is 21.0 Å². The Bertz CT molecular complexity index is 1160. The molecule has 0 aromatic heterocycles. The summed E-state index contributed by atoms with van der Waals surface area (Å²) in [5, 5.41) is 3.35. The summed E-state index contributed by atoms with van der Waals surface area (Å²) in [5.41, 5.74) is -1.13. The number of rotatable bonds is 3. The summed E-state index contributed by atoms with van der Waals surface area (Å²) in [6, 6.07) is 10.3. The molecule has 164 valence electrons. The van der Waals surface area contributed by atoms with Crippen LogP contribution in [0.15, 0.2) is 58.4 Å². The Morgan fingerprint density at radius 2 is 1.71 bits per heavy atom. The molecule has 0 aliphatic carbocycles. The fourth-order valence-corrected chi connectivity index (χ4v) is 5.30. The lowest BCUT2D eigenvalue weighted by Gasteiger charge is -2.36. The number of nitrogens with one attached hydrogen (secondary N) is 1. The van der Waals surface area contributed by atoms with E-state index in [0.717, 1.165) is 22.5 Å². The van der Waals surface area contributed by atoms with Gasteiger partial charge in [0.1, 0.15) is 11.4 Å². The molecule has 1 saturated heterocycles. The Labute approximate surface area is 181 Å². The monoisotopic (exact) mass is 471 g/mol. The summed E-state index contributed by atoms with van der Waals surface area (Å²) in [6.45, 7) is 0.0204. The van der Waals surface area contributed by atoms with Gasteiger partial charge in [-0.3, -0.25) is 9.79 Å². The lowest BCUT2D eigenvalue weighted by molar-refractivity contribution is -0.137. The highest BCUT2D eigenvalue weighted by atomic mass is 35.5. The third-order valence-electron chi connectivity index (χ3n) is 5.35. The zero-order valence-electron chi connectivity index (χ0n) is 16.0. The first-order valence-corrected chi connectivity index (χ1v) is 11.2. The highest BCUT2D eigenvalue weighted by molar-refractivity contribution is 7.89. The number of nitrogens with zero attached hydrogens (tertiary/aromatic N) is 2. The molecule has 1 fully saturated rings. The highest BCUT2D eigenvalue weighted by Crippen LogP contribution is 2.34. The number of halogens is 4. The molecule has 0 radical (unpaired) electrons. The lowest BCUT2D eigenvalue weighted by Crippen LogP contribution is -2.52. The van der Waals surface area contributed by atoms with Gasteiger partial charge >= 0.3 is 6.18 Å². The summed E-state index contributed by atoms with van der Waals surface area (Å²) >= 11 is 5.88. The molecule has 2 aromatic rings. The van der Waals surface area contributed by atoms with Crippen molar-refractivity contribution in [3.8, 4) is 0 Å². The van der Waals surface area contributed by atoms with E-state index in [2.05, 4.69) is 10.3 Å². The van der Waals surface area contributed by atoms with Crippen LogP contribution in [-0.4, -0.2) is 43.1 Å². The van der Waals surface area contributed by atoms with Crippen molar-refractivity contribution in [1.29, 1.82) is 0 Å². The van der Waals surface area contributed by atoms with Crippen molar-refractivity contribution in [1.82, 2.24) is 9.62 Å². The van der Waals surface area contributed by atoms with Crippen molar-refractivity contribution in [3.63, 3.8) is 0 Å². The van der Waals surface area contributed by atoms with Gasteiger partial charge in [-0.15, -0.1) is 0 Å². The van der Waals surface area contributed by atoms with Gasteiger partial charge in [-0.05, 0) is 30.3 Å². The zero-order chi connectivity index (χ0) is 22.4. The third kappa shape index (κ3) is 4.19. The van der Waals surface area contributed by atoms with Crippen LogP contribution < -0.4 is 5.32 Å². The number of alkyl halides is 3. The third-order valence-corrected chi connectivity index (χ3v) is 7.50. The molecule has 2 aliphatic rings. The van der Waals surface area contributed by atoms with Gasteiger partial charge in [0.15, 0.2) is 0 Å². The normalized spacial score (nSPS) is 19.4. The molecule has 11 heteroatoms. The maximum absolute atomic E-state index is 13.0. The van der Waals surface area contributed by atoms with Gasteiger partial charge in [-0.1, -0.05) is 29.8 Å². The van der Waals surface area contributed by atoms with Gasteiger partial charge in [0, 0.05) is 36.5 Å². The summed E-state index contributed by atoms with van der Waals surface area (Å²) < 4.78 is 65.8. The minimum absolute atomic E-state index is 0.0102. The molecule has 1 spiro atoms. The predicted molar refractivity (Wildman–Crippen MR) is 108 cm³/mol. The van der Waals surface area contributed by atoms with Crippen LogP contribution in [0.1, 0.15) is 24.0 Å². The predicted octanol–water partition coefficient (Wildman–Crippen LogP) is 3.46. The molecule has 0 atom stereocenters. The highest BCUT2D eigenvalue weighted by Gasteiger charge is 2.44. The standard InChI is InChI=1S/C20H17ClF3N3O3S/c21-15-6-4-13(5-7-15)17-18(28)26-19(25-17)8-10-27(11-9-19)31(29,30)16-3-1-2-14(12-16)20(22,23)24/h1-7,12H,8-11H2,(H,26,28). The molecule has 1 amide bonds. The van der Waals surface area contributed by atoms with E-state index in [9.17, 15) is 26.4 Å². The van der Waals surface area contributed by atoms with Crippen molar-refractivity contribution >= 4 is 33.2 Å². The van der Waals surface area contributed by atoms with Crippen LogP contribution in [0.2, 0.25) is 5.02 Å². The molecule has 6 nitrogen and oxygen atoms in total. The minimum Gasteiger partial charge on any atom is -0.326 e. The SMILES string of the molecule is O=C1NC2(CCN(S(=O)(=O)c3cccc(C(F)(F)F)c3)CC2)N=C1c1ccc(Cl)cc1. The van der Waals surface area contributed by atoms with Gasteiger partial charge in [0.2, 0.25) is 10.0 Å². The smallest absolute Gasteiger partial charge is 0.326 e. The van der Waals surface area contributed by atoms with Crippen LogP contribution in [0.25, 0.3) is 0 Å². The van der Waals surface area contributed by atoms with Crippen LogP contribution >= 0.6 is 11.6 Å². The Kier molecular flexibility index (Phi) is 5.35. The van der Waals surface area contributed by atoms with Gasteiger partial charge in [-0.2, -0.15) is 17.5 Å². The number of benzene rings is 2. The van der Waals surface area contributed by atoms with E-state index in [1.165, 1.54) is 0 Å². The van der Waals surface area contributed by atoms with E-state index in [1.54, 1.807) is 24.3 Å². The van der Waals surface area contributed by atoms with Gasteiger partial charge in [0.25, 0.3) is 5.91 Å². The molecule has 31 heavy (non-hydrogen) atoms. The van der Waals surface area contributed by atoms with E-state index in [-0.39, 0.29) is 37.6 Å². The maximum Gasteiger partial charge on any atom is 0.416 e. The summed E-state index contributed by atoms with van der Waals surface area (Å²) in [4.78, 5) is 16.6. The molecule has 0 unspecified atom stereocenters. The molecule has 0 bridgehead atoms. The number of carbonyl (C=O) groups excluding carboxylic acids is 1. The van der Waals surface area contributed by atoms with E-state index < -0.39 is 32.3 Å². The maximum atomic E-state index is 13.0. The molecule has 1 N–H and O–H groups in total. The summed E-state index contributed by atoms with van der Waals surface area (Å²) in [6.07, 6.45) is -4.24. The first-order chi connectivity index (χ1) is 14.5. The lowest BCUT2D eigenvalue weighted by atomic mass is 10.00. The second-order valence-electron chi connectivity index (χ2n) is 7.38. The Morgan fingerprint density at radius 1 is 1.06 bits per heavy atom. The molecular weight excluding hydrogens is 455 g/mol. The first-order valence-electron chi connectivity index (χ1n) is 9.36. The first kappa shape index (κ1) is 21.8. The number of hydrogen-bond acceptors (Lipinski definition) is 4. The molecule has 2 aliphatic heterocycles. The number of amides is 1. The second kappa shape index (κ2) is 7.61. The fourth-order valence-electron chi connectivity index (χ4n) is 3.68. The second-order valence-corrected chi connectivity index (χ2v) is 9.76. The van der Waals surface area contributed by atoms with Gasteiger partial charge < -0.3 is 5.32 Å². The van der Waals surface area contributed by atoms with Crippen LogP contribution in [0.4, 0.5) is 13.2 Å². The Hall–Kier alpha value is -2.43. The average molecular weight is 472 g/mol. The van der Waals surface area contributed by atoms with Crippen LogP contribution in [0.5, 0.6) is 0 Å². The quantitative estimate of drug-likeness (QED) is 0.744. The number of piperidine rings is 1. The average Bonchev–Trinajstić information content (AvgIpc) is 3.04. The van der Waals surface area contributed by atoms with Crippen molar-refractivity contribution in [2.45, 2.75) is 29.6 Å². The molecule has 2 aromatic carbocycles. The van der Waals surface area contributed by atoms with E-state index in [1.807, 2.05) is 0 Å². The molecule has 0 saturated carbocycles. The van der Waals surface area contributed by atoms with E-state index >= 15 is 0 Å². The van der Waals surface area contributed by atoms with E-state index in [0.29, 0.717) is 16.7 Å². The summed E-state index contributed by atoms with van der Waals surface area (Å²) in [5.74, 6) is -0.364. The van der Waals surface area contributed by atoms with Crippen molar-refractivity contribution in [3.05, 3.63) is 64.7 Å². The number of hydrogen-bond donors (Lipinski definition) is 1. The molecule has 2 heterocycles. The largest absolute Gasteiger partial charge is 0.416 e. The Morgan fingerprint density at radius 3 is 2.32 bits per heavy atom. The van der Waals surface area contributed by atoms with Gasteiger partial charge in [-0.25, -0.2) is 8.42 Å². The van der Waals surface area contributed by atoms with Gasteiger partial charge in [0.05, 0.1) is 10.5 Å². The van der Waals surface area contributed by atoms with E-state index in [4.69, 9.17) is 11.6 Å². The van der Waals surface area contributed by atoms with Crippen LogP contribution in [0, 0.1) is 0 Å². The number of sulfonamides is 1. The molecular formula is C20H17ClF3N3O3S. The van der Waals surface area contributed by atoms with Crippen molar-refractivity contribution < 1.29 is 26.4 Å². The minimum atomic E-state index is -4.64. The number of carbonyl (C=O) groups is 1. The molecule has 4 rings (SSSR count). The number of aliphatic imine (C=N–C) groups is 1. The van der Waals surface area contributed by atoms with Crippen molar-refractivity contribution in [2.24, 2.45) is 4.99 Å². The topological polar surface area (TPSA) is 78.8 Å². The summed E-state index contributed by atoms with van der Waals surface area (Å²) in [7, 11) is -4.12. The van der Waals surface area contributed by atoms with Crippen molar-refractivity contribution in [2.75, 3.05) is 13.1 Å². The van der Waals surface area contributed by atoms with Crippen LogP contribution in [0.3, 0.4) is 0 Å². The zero-order valence-corrected chi connectivity index (χ0v) is 17.6. The Balaban J connectivity index is 1.53. The fraction of sp³-hybridized carbons (Fsp3) is 0.300.